The van der Waals surface area contributed by atoms with Gasteiger partial charge < -0.3 is 0 Å². The monoisotopic (exact) mass is 743 g/mol. The summed E-state index contributed by atoms with van der Waals surface area (Å²) in [5.74, 6) is 1.95. The minimum Gasteiger partial charge on any atom is -0.208 e. The standard InChI is InChI=1S/C53H33N3S/c1-3-12-34(13-4-1)36-22-26-38(27-23-36)43-20-11-21-48-50(43)46-31-30-41(33-49(46)57-48)52-54-51(39-28-24-37(25-29-39)35-14-5-2-6-15-35)55-53(56-52)47-32-40-16-7-8-17-42(40)44-18-9-10-19-45(44)47/h1-33H. The van der Waals surface area contributed by atoms with E-state index in [1.165, 1.54) is 58.8 Å². The van der Waals surface area contributed by atoms with Crippen molar-refractivity contribution in [1.29, 1.82) is 0 Å². The average Bonchev–Trinajstić information content (AvgIpc) is 3.68. The summed E-state index contributed by atoms with van der Waals surface area (Å²) < 4.78 is 2.45. The van der Waals surface area contributed by atoms with Gasteiger partial charge in [-0.05, 0) is 73.1 Å². The second-order valence-corrected chi connectivity index (χ2v) is 15.5. The average molecular weight is 744 g/mol. The van der Waals surface area contributed by atoms with Gasteiger partial charge in [0.2, 0.25) is 0 Å². The van der Waals surface area contributed by atoms with Crippen LogP contribution in [0.5, 0.6) is 0 Å². The topological polar surface area (TPSA) is 38.7 Å². The number of hydrogen-bond acceptors (Lipinski definition) is 4. The number of benzene rings is 9. The highest BCUT2D eigenvalue weighted by molar-refractivity contribution is 7.26. The van der Waals surface area contributed by atoms with Gasteiger partial charge in [0.05, 0.1) is 0 Å². The van der Waals surface area contributed by atoms with Crippen molar-refractivity contribution < 1.29 is 0 Å². The van der Waals surface area contributed by atoms with Crippen molar-refractivity contribution in [2.75, 3.05) is 0 Å². The Balaban J connectivity index is 1.06. The van der Waals surface area contributed by atoms with E-state index in [1.54, 1.807) is 0 Å². The number of thiophene rings is 1. The molecule has 4 heteroatoms. The van der Waals surface area contributed by atoms with Crippen molar-refractivity contribution in [1.82, 2.24) is 15.0 Å². The third-order valence-corrected chi connectivity index (χ3v) is 12.1. The van der Waals surface area contributed by atoms with Crippen molar-refractivity contribution in [2.45, 2.75) is 0 Å². The lowest BCUT2D eigenvalue weighted by Gasteiger charge is -2.13. The van der Waals surface area contributed by atoms with Gasteiger partial charge in [-0.1, -0.05) is 182 Å². The van der Waals surface area contributed by atoms with Crippen LogP contribution in [0.25, 0.3) is 109 Å². The van der Waals surface area contributed by atoms with Crippen LogP contribution < -0.4 is 0 Å². The van der Waals surface area contributed by atoms with Crippen LogP contribution in [-0.4, -0.2) is 15.0 Å². The molecule has 0 spiro atoms. The van der Waals surface area contributed by atoms with Crippen LogP contribution >= 0.6 is 11.3 Å². The fourth-order valence-electron chi connectivity index (χ4n) is 8.11. The summed E-state index contributed by atoms with van der Waals surface area (Å²) in [7, 11) is 0. The number of hydrogen-bond donors (Lipinski definition) is 0. The maximum absolute atomic E-state index is 5.26. The molecule has 0 saturated carbocycles. The lowest BCUT2D eigenvalue weighted by molar-refractivity contribution is 1.08. The first-order valence-corrected chi connectivity index (χ1v) is 20.0. The molecule has 0 amide bonds. The van der Waals surface area contributed by atoms with Gasteiger partial charge in [0.1, 0.15) is 0 Å². The number of nitrogens with zero attached hydrogens (tertiary/aromatic N) is 3. The molecule has 0 bridgehead atoms. The minimum absolute atomic E-state index is 0.643. The summed E-state index contributed by atoms with van der Waals surface area (Å²) >= 11 is 1.81. The Labute approximate surface area is 334 Å². The van der Waals surface area contributed by atoms with E-state index < -0.39 is 0 Å². The molecule has 0 N–H and O–H groups in total. The first-order chi connectivity index (χ1) is 28.2. The Morgan fingerprint density at radius 2 is 0.807 bits per heavy atom. The molecule has 57 heavy (non-hydrogen) atoms. The molecule has 0 saturated heterocycles. The van der Waals surface area contributed by atoms with Gasteiger partial charge in [-0.2, -0.15) is 0 Å². The molecule has 0 aliphatic carbocycles. The lowest BCUT2D eigenvalue weighted by atomic mass is 9.96. The third kappa shape index (κ3) is 5.95. The summed E-state index contributed by atoms with van der Waals surface area (Å²) in [4.78, 5) is 15.7. The van der Waals surface area contributed by atoms with Gasteiger partial charge >= 0.3 is 0 Å². The van der Waals surface area contributed by atoms with Crippen molar-refractivity contribution in [3.05, 3.63) is 200 Å². The quantitative estimate of drug-likeness (QED) is 0.159. The Bertz CT molecular complexity index is 3260. The van der Waals surface area contributed by atoms with Crippen molar-refractivity contribution >= 4 is 53.1 Å². The van der Waals surface area contributed by atoms with Gasteiger partial charge in [-0.25, -0.2) is 15.0 Å². The molecule has 2 heterocycles. The van der Waals surface area contributed by atoms with Crippen LogP contribution in [0.4, 0.5) is 0 Å². The van der Waals surface area contributed by atoms with Crippen LogP contribution in [-0.2, 0) is 0 Å². The Morgan fingerprint density at radius 3 is 1.51 bits per heavy atom. The first-order valence-electron chi connectivity index (χ1n) is 19.2. The summed E-state index contributed by atoms with van der Waals surface area (Å²) in [5.41, 5.74) is 10.1. The predicted octanol–water partition coefficient (Wildman–Crippen LogP) is 14.5. The van der Waals surface area contributed by atoms with Gasteiger partial charge in [0, 0.05) is 36.9 Å². The molecule has 0 radical (unpaired) electrons. The van der Waals surface area contributed by atoms with Gasteiger partial charge in [0.25, 0.3) is 0 Å². The number of fused-ring (bicyclic) bond motifs is 6. The third-order valence-electron chi connectivity index (χ3n) is 11.0. The summed E-state index contributed by atoms with van der Waals surface area (Å²) in [5, 5.41) is 7.16. The molecule has 11 aromatic rings. The predicted molar refractivity (Wildman–Crippen MR) is 240 cm³/mol. The Hall–Kier alpha value is -7.27. The van der Waals surface area contributed by atoms with Gasteiger partial charge in [-0.15, -0.1) is 11.3 Å². The SMILES string of the molecule is c1ccc(-c2ccc(-c3nc(-c4ccc5c(c4)sc4cccc(-c6ccc(-c7ccccc7)cc6)c45)nc(-c4cc5ccccc5c5ccccc45)n3)cc2)cc1. The van der Waals surface area contributed by atoms with E-state index >= 15 is 0 Å². The highest BCUT2D eigenvalue weighted by Gasteiger charge is 2.18. The maximum Gasteiger partial charge on any atom is 0.164 e. The molecular weight excluding hydrogens is 711 g/mol. The Kier molecular flexibility index (Phi) is 8.01. The van der Waals surface area contributed by atoms with E-state index in [0.29, 0.717) is 17.5 Å². The zero-order chi connectivity index (χ0) is 37.7. The molecule has 0 aliphatic heterocycles. The van der Waals surface area contributed by atoms with Crippen LogP contribution in [0.3, 0.4) is 0 Å². The summed E-state index contributed by atoms with van der Waals surface area (Å²) in [6.07, 6.45) is 0. The maximum atomic E-state index is 5.26. The molecule has 0 aliphatic rings. The van der Waals surface area contributed by atoms with Gasteiger partial charge in [0.15, 0.2) is 17.5 Å². The summed E-state index contributed by atoms with van der Waals surface area (Å²) in [6.45, 7) is 0. The van der Waals surface area contributed by atoms with Crippen LogP contribution in [0.2, 0.25) is 0 Å². The van der Waals surface area contributed by atoms with Gasteiger partial charge in [-0.3, -0.25) is 0 Å². The Morgan fingerprint density at radius 1 is 0.281 bits per heavy atom. The van der Waals surface area contributed by atoms with Crippen LogP contribution in [0.15, 0.2) is 200 Å². The van der Waals surface area contributed by atoms with Crippen molar-refractivity contribution in [3.8, 4) is 67.5 Å². The lowest BCUT2D eigenvalue weighted by Crippen LogP contribution is -2.01. The molecule has 3 nitrogen and oxygen atoms in total. The zero-order valence-electron chi connectivity index (χ0n) is 30.8. The zero-order valence-corrected chi connectivity index (χ0v) is 31.6. The van der Waals surface area contributed by atoms with Crippen LogP contribution in [0.1, 0.15) is 0 Å². The second kappa shape index (κ2) is 13.8. The highest BCUT2D eigenvalue weighted by Crippen LogP contribution is 2.42. The van der Waals surface area contributed by atoms with Crippen LogP contribution in [0, 0.1) is 0 Å². The fourth-order valence-corrected chi connectivity index (χ4v) is 9.29. The largest absolute Gasteiger partial charge is 0.208 e. The van der Waals surface area contributed by atoms with E-state index in [4.69, 9.17) is 15.0 Å². The van der Waals surface area contributed by atoms with E-state index in [0.717, 1.165) is 33.0 Å². The normalized spacial score (nSPS) is 11.5. The molecule has 0 unspecified atom stereocenters. The van der Waals surface area contributed by atoms with E-state index in [2.05, 4.69) is 194 Å². The molecule has 11 rings (SSSR count). The summed E-state index contributed by atoms with van der Waals surface area (Å²) in [6, 6.07) is 71.1. The first kappa shape index (κ1) is 33.1. The second-order valence-electron chi connectivity index (χ2n) is 14.4. The van der Waals surface area contributed by atoms with Crippen molar-refractivity contribution in [3.63, 3.8) is 0 Å². The van der Waals surface area contributed by atoms with E-state index in [1.807, 2.05) is 17.4 Å². The van der Waals surface area contributed by atoms with Crippen molar-refractivity contribution in [2.24, 2.45) is 0 Å². The molecule has 0 atom stereocenters. The molecule has 2 aromatic heterocycles. The molecule has 266 valence electrons. The highest BCUT2D eigenvalue weighted by atomic mass is 32.1. The fraction of sp³-hybridized carbons (Fsp3) is 0. The number of rotatable bonds is 6. The molecule has 0 fully saturated rings. The number of aromatic nitrogens is 3. The van der Waals surface area contributed by atoms with E-state index in [-0.39, 0.29) is 0 Å². The molecular formula is C53H33N3S. The molecule has 9 aromatic carbocycles. The minimum atomic E-state index is 0.643. The smallest absolute Gasteiger partial charge is 0.164 e. The van der Waals surface area contributed by atoms with E-state index in [9.17, 15) is 0 Å².